The van der Waals surface area contributed by atoms with E-state index < -0.39 is 5.97 Å². The van der Waals surface area contributed by atoms with Crippen LogP contribution >= 0.6 is 0 Å². The van der Waals surface area contributed by atoms with E-state index >= 15 is 0 Å². The van der Waals surface area contributed by atoms with Crippen LogP contribution in [0.3, 0.4) is 0 Å². The molecule has 68 valence electrons. The molecule has 0 radical (unpaired) electrons. The Morgan fingerprint density at radius 3 is 2.17 bits per heavy atom. The standard InChI is InChI=1S/C8H14O3.Ti/c1-4-11-8(10)5-7(9)6(2)3;/h6H,4-5H2,1-3H3;. The first kappa shape index (κ1) is 14.4. The molecule has 0 aliphatic heterocycles. The number of ether oxygens (including phenoxy) is 1. The Balaban J connectivity index is 0. The van der Waals surface area contributed by atoms with Crippen LogP contribution in [0.15, 0.2) is 0 Å². The van der Waals surface area contributed by atoms with Gasteiger partial charge in [0.05, 0.1) is 6.61 Å². The van der Waals surface area contributed by atoms with Gasteiger partial charge in [0, 0.05) is 27.6 Å². The molecule has 3 nitrogen and oxygen atoms in total. The average Bonchev–Trinajstić information content (AvgIpc) is 1.87. The van der Waals surface area contributed by atoms with Gasteiger partial charge in [-0.2, -0.15) is 0 Å². The Labute approximate surface area is 87.7 Å². The molecular weight excluding hydrogens is 192 g/mol. The Bertz CT molecular complexity index is 154. The minimum Gasteiger partial charge on any atom is -0.466 e. The maximum absolute atomic E-state index is 10.9. The number of carbonyl (C=O) groups is 2. The van der Waals surface area contributed by atoms with Crippen molar-refractivity contribution in [3.05, 3.63) is 0 Å². The summed E-state index contributed by atoms with van der Waals surface area (Å²) in [5.74, 6) is -0.575. The number of carbonyl (C=O) groups excluding carboxylic acids is 2. The normalized spacial score (nSPS) is 9.00. The van der Waals surface area contributed by atoms with Gasteiger partial charge in [0.1, 0.15) is 12.2 Å². The molecule has 0 aromatic heterocycles. The molecule has 0 saturated heterocycles. The van der Waals surface area contributed by atoms with Gasteiger partial charge >= 0.3 is 5.97 Å². The molecule has 0 unspecified atom stereocenters. The van der Waals surface area contributed by atoms with Gasteiger partial charge < -0.3 is 4.74 Å². The van der Waals surface area contributed by atoms with E-state index in [1.54, 1.807) is 20.8 Å². The number of ketones is 1. The van der Waals surface area contributed by atoms with E-state index in [0.717, 1.165) is 0 Å². The van der Waals surface area contributed by atoms with Crippen molar-refractivity contribution in [2.45, 2.75) is 27.2 Å². The first-order valence-corrected chi connectivity index (χ1v) is 3.76. The molecule has 0 aliphatic carbocycles. The summed E-state index contributed by atoms with van der Waals surface area (Å²) < 4.78 is 4.60. The molecule has 0 atom stereocenters. The van der Waals surface area contributed by atoms with E-state index in [9.17, 15) is 9.59 Å². The molecule has 0 bridgehead atoms. The van der Waals surface area contributed by atoms with Crippen molar-refractivity contribution >= 4 is 11.8 Å². The van der Waals surface area contributed by atoms with Gasteiger partial charge in [0.25, 0.3) is 0 Å². The minimum atomic E-state index is -0.425. The van der Waals surface area contributed by atoms with Crippen LogP contribution < -0.4 is 0 Å². The van der Waals surface area contributed by atoms with E-state index in [2.05, 4.69) is 4.74 Å². The second kappa shape index (κ2) is 7.50. The van der Waals surface area contributed by atoms with Gasteiger partial charge in [-0.1, -0.05) is 13.8 Å². The summed E-state index contributed by atoms with van der Waals surface area (Å²) in [4.78, 5) is 21.6. The maximum atomic E-state index is 10.9. The average molecular weight is 206 g/mol. The van der Waals surface area contributed by atoms with Crippen LogP contribution in [-0.4, -0.2) is 18.4 Å². The van der Waals surface area contributed by atoms with Crippen LogP contribution in [0.1, 0.15) is 27.2 Å². The van der Waals surface area contributed by atoms with E-state index in [0.29, 0.717) is 6.61 Å². The fourth-order valence-electron chi connectivity index (χ4n) is 0.558. The van der Waals surface area contributed by atoms with Crippen LogP contribution in [0.2, 0.25) is 0 Å². The topological polar surface area (TPSA) is 43.4 Å². The number of Topliss-reactive ketones (excluding diaryl/α,β-unsaturated/α-hetero) is 1. The fourth-order valence-corrected chi connectivity index (χ4v) is 0.558. The SMILES string of the molecule is CCOC(=O)CC(=O)C(C)C.[Ti]. The molecule has 0 rings (SSSR count). The van der Waals surface area contributed by atoms with E-state index in [1.165, 1.54) is 0 Å². The quantitative estimate of drug-likeness (QED) is 0.393. The largest absolute Gasteiger partial charge is 0.466 e. The molecule has 0 aromatic carbocycles. The van der Waals surface area contributed by atoms with Crippen LogP contribution in [0.4, 0.5) is 0 Å². The third-order valence-corrected chi connectivity index (χ3v) is 1.27. The first-order chi connectivity index (χ1) is 5.07. The fraction of sp³-hybridized carbons (Fsp3) is 0.750. The molecule has 0 fully saturated rings. The molecule has 0 aromatic rings. The zero-order chi connectivity index (χ0) is 8.85. The predicted octanol–water partition coefficient (Wildman–Crippen LogP) is 1.16. The molecule has 0 heterocycles. The molecule has 0 saturated carbocycles. The summed E-state index contributed by atoms with van der Waals surface area (Å²) in [5, 5.41) is 0. The molecular formula is C8H14O3Ti. The van der Waals surface area contributed by atoms with E-state index in [1.807, 2.05) is 0 Å². The molecule has 12 heavy (non-hydrogen) atoms. The van der Waals surface area contributed by atoms with Crippen molar-refractivity contribution < 1.29 is 36.0 Å². The summed E-state index contributed by atoms with van der Waals surface area (Å²) in [6.45, 7) is 5.59. The van der Waals surface area contributed by atoms with Gasteiger partial charge in [-0.05, 0) is 6.92 Å². The van der Waals surface area contributed by atoms with Crippen molar-refractivity contribution in [1.29, 1.82) is 0 Å². The molecule has 0 amide bonds. The second-order valence-corrected chi connectivity index (χ2v) is 2.60. The van der Waals surface area contributed by atoms with Crippen LogP contribution in [0.25, 0.3) is 0 Å². The summed E-state index contributed by atoms with van der Waals surface area (Å²) in [6, 6.07) is 0. The van der Waals surface area contributed by atoms with Crippen LogP contribution in [0, 0.1) is 5.92 Å². The van der Waals surface area contributed by atoms with Crippen molar-refractivity contribution in [3.63, 3.8) is 0 Å². The van der Waals surface area contributed by atoms with Crippen molar-refractivity contribution in [2.24, 2.45) is 5.92 Å². The van der Waals surface area contributed by atoms with E-state index in [4.69, 9.17) is 0 Å². The van der Waals surface area contributed by atoms with Gasteiger partial charge in [-0.15, -0.1) is 0 Å². The van der Waals surface area contributed by atoms with Gasteiger partial charge in [-0.25, -0.2) is 0 Å². The monoisotopic (exact) mass is 206 g/mol. The Hall–Kier alpha value is -0.146. The third-order valence-electron chi connectivity index (χ3n) is 1.27. The van der Waals surface area contributed by atoms with Gasteiger partial charge in [0.2, 0.25) is 0 Å². The summed E-state index contributed by atoms with van der Waals surface area (Å²) in [5.41, 5.74) is 0. The van der Waals surface area contributed by atoms with E-state index in [-0.39, 0.29) is 39.8 Å². The number of hydrogen-bond acceptors (Lipinski definition) is 3. The van der Waals surface area contributed by atoms with Crippen molar-refractivity contribution in [1.82, 2.24) is 0 Å². The summed E-state index contributed by atoms with van der Waals surface area (Å²) in [6.07, 6.45) is -0.0918. The number of hydrogen-bond donors (Lipinski definition) is 0. The van der Waals surface area contributed by atoms with Gasteiger partial charge in [0.15, 0.2) is 0 Å². The van der Waals surface area contributed by atoms with Crippen LogP contribution in [0.5, 0.6) is 0 Å². The maximum Gasteiger partial charge on any atom is 0.313 e. The number of esters is 1. The Morgan fingerprint density at radius 2 is 1.83 bits per heavy atom. The smallest absolute Gasteiger partial charge is 0.313 e. The van der Waals surface area contributed by atoms with Crippen LogP contribution in [-0.2, 0) is 36.0 Å². The van der Waals surface area contributed by atoms with Gasteiger partial charge in [-0.3, -0.25) is 9.59 Å². The van der Waals surface area contributed by atoms with Crippen molar-refractivity contribution in [2.75, 3.05) is 6.61 Å². The zero-order valence-corrected chi connectivity index (χ0v) is 9.28. The molecule has 0 spiro atoms. The first-order valence-electron chi connectivity index (χ1n) is 3.76. The molecule has 0 N–H and O–H groups in total. The number of rotatable bonds is 4. The molecule has 0 aliphatic rings. The Kier molecular flexibility index (Phi) is 8.99. The second-order valence-electron chi connectivity index (χ2n) is 2.60. The Morgan fingerprint density at radius 1 is 1.33 bits per heavy atom. The van der Waals surface area contributed by atoms with Crippen molar-refractivity contribution in [3.8, 4) is 0 Å². The molecule has 4 heteroatoms. The zero-order valence-electron chi connectivity index (χ0n) is 7.72. The summed E-state index contributed by atoms with van der Waals surface area (Å²) >= 11 is 0. The third kappa shape index (κ3) is 6.56. The minimum absolute atomic E-state index is 0. The predicted molar refractivity (Wildman–Crippen MR) is 41.1 cm³/mol. The summed E-state index contributed by atoms with van der Waals surface area (Å²) in [7, 11) is 0.